The smallest absolute Gasteiger partial charge is 0.340 e. The number of hydrogen-bond donors (Lipinski definition) is 1. The van der Waals surface area contributed by atoms with Gasteiger partial charge in [0.15, 0.2) is 0 Å². The van der Waals surface area contributed by atoms with E-state index in [9.17, 15) is 4.79 Å². The van der Waals surface area contributed by atoms with Gasteiger partial charge >= 0.3 is 5.97 Å². The first-order valence-electron chi connectivity index (χ1n) is 6.72. The molecule has 0 saturated heterocycles. The molecule has 0 radical (unpaired) electrons. The minimum absolute atomic E-state index is 0.316. The Kier molecular flexibility index (Phi) is 6.71. The molecule has 1 N–H and O–H groups in total. The molecular formula is C15H22ClNO2. The number of carbonyl (C=O) groups is 1. The maximum absolute atomic E-state index is 11.7. The molecule has 106 valence electrons. The number of benzene rings is 1. The molecular weight excluding hydrogens is 262 g/mol. The molecule has 4 heteroatoms. The van der Waals surface area contributed by atoms with E-state index in [0.29, 0.717) is 16.6 Å². The third kappa shape index (κ3) is 5.11. The number of nitrogens with one attached hydrogen (secondary N) is 1. The van der Waals surface area contributed by atoms with Crippen LogP contribution in [0, 0.1) is 0 Å². The van der Waals surface area contributed by atoms with Gasteiger partial charge < -0.3 is 10.1 Å². The zero-order valence-corrected chi connectivity index (χ0v) is 12.6. The van der Waals surface area contributed by atoms with Crippen LogP contribution in [-0.4, -0.2) is 19.1 Å². The summed E-state index contributed by atoms with van der Waals surface area (Å²) in [4.78, 5) is 11.7. The Morgan fingerprint density at radius 3 is 2.79 bits per heavy atom. The normalized spacial score (nSPS) is 12.0. The summed E-state index contributed by atoms with van der Waals surface area (Å²) in [5, 5.41) is 3.88. The van der Waals surface area contributed by atoms with E-state index >= 15 is 0 Å². The van der Waals surface area contributed by atoms with E-state index in [1.165, 1.54) is 26.4 Å². The Morgan fingerprint density at radius 2 is 2.16 bits per heavy atom. The first-order chi connectivity index (χ1) is 9.08. The number of ether oxygens (including phenoxy) is 1. The van der Waals surface area contributed by atoms with Gasteiger partial charge in [-0.2, -0.15) is 0 Å². The maximum atomic E-state index is 11.7. The van der Waals surface area contributed by atoms with Crippen molar-refractivity contribution in [3.8, 4) is 0 Å². The largest absolute Gasteiger partial charge is 0.465 e. The predicted octanol–water partition coefficient (Wildman–Crippen LogP) is 4.51. The summed E-state index contributed by atoms with van der Waals surface area (Å²) >= 11 is 5.92. The number of unbranched alkanes of at least 4 members (excludes halogenated alkanes) is 2. The van der Waals surface area contributed by atoms with Crippen LogP contribution in [0.15, 0.2) is 18.2 Å². The molecule has 0 bridgehead atoms. The zero-order chi connectivity index (χ0) is 14.3. The lowest BCUT2D eigenvalue weighted by atomic mass is 10.1. The van der Waals surface area contributed by atoms with Gasteiger partial charge in [0, 0.05) is 16.8 Å². The van der Waals surface area contributed by atoms with Crippen LogP contribution in [0.5, 0.6) is 0 Å². The predicted molar refractivity (Wildman–Crippen MR) is 80.0 cm³/mol. The van der Waals surface area contributed by atoms with Crippen molar-refractivity contribution in [2.24, 2.45) is 0 Å². The fraction of sp³-hybridized carbons (Fsp3) is 0.533. The summed E-state index contributed by atoms with van der Waals surface area (Å²) < 4.78 is 4.77. The van der Waals surface area contributed by atoms with Crippen molar-refractivity contribution in [2.75, 3.05) is 12.4 Å². The van der Waals surface area contributed by atoms with Gasteiger partial charge in [0.1, 0.15) is 0 Å². The molecule has 3 nitrogen and oxygen atoms in total. The van der Waals surface area contributed by atoms with Crippen LogP contribution < -0.4 is 5.32 Å². The van der Waals surface area contributed by atoms with Gasteiger partial charge in [-0.05, 0) is 31.5 Å². The van der Waals surface area contributed by atoms with Crippen molar-refractivity contribution in [2.45, 2.75) is 45.6 Å². The van der Waals surface area contributed by atoms with E-state index in [0.717, 1.165) is 12.1 Å². The first kappa shape index (κ1) is 15.8. The molecule has 0 saturated carbocycles. The number of esters is 1. The fourth-order valence-electron chi connectivity index (χ4n) is 1.96. The van der Waals surface area contributed by atoms with Gasteiger partial charge in [-0.15, -0.1) is 0 Å². The summed E-state index contributed by atoms with van der Waals surface area (Å²) in [5.41, 5.74) is 1.26. The van der Waals surface area contributed by atoms with Crippen molar-refractivity contribution in [1.82, 2.24) is 0 Å². The van der Waals surface area contributed by atoms with Crippen molar-refractivity contribution in [3.05, 3.63) is 28.8 Å². The van der Waals surface area contributed by atoms with Crippen LogP contribution in [0.3, 0.4) is 0 Å². The van der Waals surface area contributed by atoms with E-state index in [2.05, 4.69) is 19.2 Å². The van der Waals surface area contributed by atoms with Crippen LogP contribution in [0.25, 0.3) is 0 Å². The molecule has 0 aliphatic rings. The molecule has 1 unspecified atom stereocenters. The number of rotatable bonds is 7. The SMILES string of the molecule is CCCCCC(C)Nc1ccc(Cl)cc1C(=O)OC. The van der Waals surface area contributed by atoms with Crippen LogP contribution >= 0.6 is 11.6 Å². The standard InChI is InChI=1S/C15H22ClNO2/c1-4-5-6-7-11(2)17-14-9-8-12(16)10-13(14)15(18)19-3/h8-11,17H,4-7H2,1-3H3. The van der Waals surface area contributed by atoms with Crippen LogP contribution in [-0.2, 0) is 4.74 Å². The first-order valence-corrected chi connectivity index (χ1v) is 7.10. The van der Waals surface area contributed by atoms with Crippen molar-refractivity contribution in [3.63, 3.8) is 0 Å². The summed E-state index contributed by atoms with van der Waals surface area (Å²) in [5.74, 6) is -0.370. The second-order valence-electron chi connectivity index (χ2n) is 4.72. The van der Waals surface area contributed by atoms with Crippen molar-refractivity contribution < 1.29 is 9.53 Å². The molecule has 1 aromatic carbocycles. The van der Waals surface area contributed by atoms with E-state index in [1.54, 1.807) is 12.1 Å². The van der Waals surface area contributed by atoms with Gasteiger partial charge in [0.25, 0.3) is 0 Å². The molecule has 1 rings (SSSR count). The zero-order valence-electron chi connectivity index (χ0n) is 11.8. The molecule has 1 atom stereocenters. The number of anilines is 1. The van der Waals surface area contributed by atoms with E-state index in [4.69, 9.17) is 16.3 Å². The van der Waals surface area contributed by atoms with Crippen LogP contribution in [0.4, 0.5) is 5.69 Å². The van der Waals surface area contributed by atoms with Gasteiger partial charge in [-0.25, -0.2) is 4.79 Å². The molecule has 0 heterocycles. The quantitative estimate of drug-likeness (QED) is 0.591. The number of hydrogen-bond acceptors (Lipinski definition) is 3. The third-order valence-electron chi connectivity index (χ3n) is 3.03. The number of halogens is 1. The Morgan fingerprint density at radius 1 is 1.42 bits per heavy atom. The van der Waals surface area contributed by atoms with E-state index in [1.807, 2.05) is 6.07 Å². The summed E-state index contributed by atoms with van der Waals surface area (Å²) in [7, 11) is 1.37. The minimum atomic E-state index is -0.370. The van der Waals surface area contributed by atoms with Crippen LogP contribution in [0.2, 0.25) is 5.02 Å². The Hall–Kier alpha value is -1.22. The maximum Gasteiger partial charge on any atom is 0.340 e. The second-order valence-corrected chi connectivity index (χ2v) is 5.16. The molecule has 0 spiro atoms. The Balaban J connectivity index is 2.74. The molecule has 0 fully saturated rings. The molecule has 0 aliphatic carbocycles. The number of carbonyl (C=O) groups excluding carboxylic acids is 1. The highest BCUT2D eigenvalue weighted by Crippen LogP contribution is 2.23. The molecule has 1 aromatic rings. The second kappa shape index (κ2) is 8.05. The fourth-order valence-corrected chi connectivity index (χ4v) is 2.13. The highest BCUT2D eigenvalue weighted by molar-refractivity contribution is 6.31. The van der Waals surface area contributed by atoms with E-state index in [-0.39, 0.29) is 5.97 Å². The minimum Gasteiger partial charge on any atom is -0.465 e. The average molecular weight is 284 g/mol. The highest BCUT2D eigenvalue weighted by Gasteiger charge is 2.14. The summed E-state index contributed by atoms with van der Waals surface area (Å²) in [6.07, 6.45) is 4.71. The van der Waals surface area contributed by atoms with Crippen molar-refractivity contribution >= 4 is 23.3 Å². The summed E-state index contributed by atoms with van der Waals surface area (Å²) in [6.45, 7) is 4.30. The van der Waals surface area contributed by atoms with E-state index < -0.39 is 0 Å². The molecule has 0 aliphatic heterocycles. The summed E-state index contributed by atoms with van der Waals surface area (Å²) in [6, 6.07) is 5.55. The molecule has 0 amide bonds. The monoisotopic (exact) mass is 283 g/mol. The lowest BCUT2D eigenvalue weighted by Gasteiger charge is -2.17. The van der Waals surface area contributed by atoms with Gasteiger partial charge in [-0.1, -0.05) is 37.8 Å². The van der Waals surface area contributed by atoms with Gasteiger partial charge in [-0.3, -0.25) is 0 Å². The highest BCUT2D eigenvalue weighted by atomic mass is 35.5. The van der Waals surface area contributed by atoms with Gasteiger partial charge in [0.05, 0.1) is 12.7 Å². The van der Waals surface area contributed by atoms with Gasteiger partial charge in [0.2, 0.25) is 0 Å². The van der Waals surface area contributed by atoms with Crippen molar-refractivity contribution in [1.29, 1.82) is 0 Å². The van der Waals surface area contributed by atoms with Crippen LogP contribution in [0.1, 0.15) is 49.9 Å². The molecule has 19 heavy (non-hydrogen) atoms. The number of methoxy groups -OCH3 is 1. The Labute approximate surface area is 120 Å². The molecule has 0 aromatic heterocycles. The lowest BCUT2D eigenvalue weighted by Crippen LogP contribution is -2.17. The Bertz CT molecular complexity index is 421. The average Bonchev–Trinajstić information content (AvgIpc) is 2.40. The topological polar surface area (TPSA) is 38.3 Å². The lowest BCUT2D eigenvalue weighted by molar-refractivity contribution is 0.0602. The third-order valence-corrected chi connectivity index (χ3v) is 3.26.